The lowest BCUT2D eigenvalue weighted by atomic mass is 10.1. The van der Waals surface area contributed by atoms with Crippen molar-refractivity contribution in [3.63, 3.8) is 0 Å². The lowest BCUT2D eigenvalue weighted by Crippen LogP contribution is -2.49. The Balaban J connectivity index is 2.02. The van der Waals surface area contributed by atoms with E-state index < -0.39 is 12.7 Å². The molecule has 0 saturated carbocycles. The minimum atomic E-state index is -4.13. The first kappa shape index (κ1) is 15.1. The topological polar surface area (TPSA) is 45.4 Å². The maximum Gasteiger partial charge on any atom is 0.401 e. The molecule has 2 N–H and O–H groups in total. The summed E-state index contributed by atoms with van der Waals surface area (Å²) in [6.07, 6.45) is -2.42. The number of aromatic nitrogens is 1. The summed E-state index contributed by atoms with van der Waals surface area (Å²) in [5.41, 5.74) is 7.78. The van der Waals surface area contributed by atoms with Gasteiger partial charge in [-0.15, -0.1) is 0 Å². The monoisotopic (exact) mass is 288 g/mol. The van der Waals surface area contributed by atoms with Crippen LogP contribution in [0.2, 0.25) is 0 Å². The minimum Gasteiger partial charge on any atom is -0.354 e. The quantitative estimate of drug-likeness (QED) is 0.916. The highest BCUT2D eigenvalue weighted by Crippen LogP contribution is 2.23. The average molecular weight is 288 g/mol. The first-order valence-electron chi connectivity index (χ1n) is 6.59. The average Bonchev–Trinajstić information content (AvgIpc) is 2.37. The number of pyridine rings is 1. The van der Waals surface area contributed by atoms with Gasteiger partial charge in [0, 0.05) is 44.5 Å². The van der Waals surface area contributed by atoms with Gasteiger partial charge in [0.1, 0.15) is 5.82 Å². The van der Waals surface area contributed by atoms with E-state index in [-0.39, 0.29) is 0 Å². The fourth-order valence-electron chi connectivity index (χ4n) is 2.47. The number of nitrogens with zero attached hydrogens (tertiary/aromatic N) is 3. The van der Waals surface area contributed by atoms with E-state index in [0.29, 0.717) is 32.7 Å². The molecule has 1 aliphatic rings. The number of hydrogen-bond donors (Lipinski definition) is 1. The van der Waals surface area contributed by atoms with Crippen LogP contribution in [-0.4, -0.2) is 48.8 Å². The molecule has 20 heavy (non-hydrogen) atoms. The SMILES string of the molecule is Cc1ccnc(N2CCN(CC(F)(F)F)CC2)c1CN. The number of alkyl halides is 3. The Morgan fingerprint density at radius 1 is 1.25 bits per heavy atom. The number of halogens is 3. The van der Waals surface area contributed by atoms with Gasteiger partial charge in [0.15, 0.2) is 0 Å². The van der Waals surface area contributed by atoms with E-state index in [4.69, 9.17) is 5.73 Å². The lowest BCUT2D eigenvalue weighted by molar-refractivity contribution is -0.146. The second-order valence-electron chi connectivity index (χ2n) is 5.01. The Morgan fingerprint density at radius 3 is 2.45 bits per heavy atom. The molecule has 0 unspecified atom stereocenters. The van der Waals surface area contributed by atoms with E-state index in [1.54, 1.807) is 6.20 Å². The fourth-order valence-corrected chi connectivity index (χ4v) is 2.47. The summed E-state index contributed by atoms with van der Waals surface area (Å²) in [5.74, 6) is 0.805. The van der Waals surface area contributed by atoms with E-state index in [0.717, 1.165) is 16.9 Å². The summed E-state index contributed by atoms with van der Waals surface area (Å²) in [7, 11) is 0. The van der Waals surface area contributed by atoms with Crippen molar-refractivity contribution in [3.05, 3.63) is 23.4 Å². The number of anilines is 1. The zero-order valence-electron chi connectivity index (χ0n) is 11.5. The molecule has 1 aromatic heterocycles. The normalized spacial score (nSPS) is 17.6. The van der Waals surface area contributed by atoms with Crippen molar-refractivity contribution in [3.8, 4) is 0 Å². The zero-order chi connectivity index (χ0) is 14.8. The van der Waals surface area contributed by atoms with Crippen LogP contribution in [0.25, 0.3) is 0 Å². The molecule has 0 aliphatic carbocycles. The third-order valence-corrected chi connectivity index (χ3v) is 3.55. The highest BCUT2D eigenvalue weighted by atomic mass is 19.4. The maximum absolute atomic E-state index is 12.3. The van der Waals surface area contributed by atoms with Crippen molar-refractivity contribution in [2.75, 3.05) is 37.6 Å². The largest absolute Gasteiger partial charge is 0.401 e. The summed E-state index contributed by atoms with van der Waals surface area (Å²) in [6.45, 7) is 3.37. The molecule has 0 amide bonds. The van der Waals surface area contributed by atoms with E-state index in [1.165, 1.54) is 4.90 Å². The minimum absolute atomic E-state index is 0.387. The molecule has 1 aromatic rings. The van der Waals surface area contributed by atoms with Gasteiger partial charge in [-0.25, -0.2) is 4.98 Å². The number of nitrogens with two attached hydrogens (primary N) is 1. The van der Waals surface area contributed by atoms with Crippen molar-refractivity contribution in [1.29, 1.82) is 0 Å². The zero-order valence-corrected chi connectivity index (χ0v) is 11.5. The summed E-state index contributed by atoms with van der Waals surface area (Å²) in [5, 5.41) is 0. The molecule has 0 spiro atoms. The molecule has 0 aromatic carbocycles. The molecular weight excluding hydrogens is 269 g/mol. The Bertz CT molecular complexity index is 453. The molecule has 7 heteroatoms. The number of hydrogen-bond acceptors (Lipinski definition) is 4. The van der Waals surface area contributed by atoms with Gasteiger partial charge in [0.2, 0.25) is 0 Å². The summed E-state index contributed by atoms with van der Waals surface area (Å²) < 4.78 is 37.0. The number of piperazine rings is 1. The van der Waals surface area contributed by atoms with E-state index in [9.17, 15) is 13.2 Å². The van der Waals surface area contributed by atoms with Crippen LogP contribution in [0.1, 0.15) is 11.1 Å². The maximum atomic E-state index is 12.3. The Kier molecular flexibility index (Phi) is 4.49. The fraction of sp³-hybridized carbons (Fsp3) is 0.615. The first-order valence-corrected chi connectivity index (χ1v) is 6.59. The molecule has 1 saturated heterocycles. The molecule has 1 aliphatic heterocycles. The Hall–Kier alpha value is -1.34. The lowest BCUT2D eigenvalue weighted by Gasteiger charge is -2.36. The van der Waals surface area contributed by atoms with E-state index in [2.05, 4.69) is 4.98 Å². The molecule has 0 bridgehead atoms. The molecular formula is C13H19F3N4. The molecule has 0 radical (unpaired) electrons. The van der Waals surface area contributed by atoms with Crippen LogP contribution in [0.3, 0.4) is 0 Å². The van der Waals surface area contributed by atoms with Crippen LogP contribution in [-0.2, 0) is 6.54 Å². The first-order chi connectivity index (χ1) is 9.40. The summed E-state index contributed by atoms with van der Waals surface area (Å²) in [6, 6.07) is 1.89. The van der Waals surface area contributed by atoms with E-state index >= 15 is 0 Å². The Labute approximate surface area is 116 Å². The van der Waals surface area contributed by atoms with E-state index in [1.807, 2.05) is 17.9 Å². The molecule has 1 fully saturated rings. The number of aryl methyl sites for hydroxylation is 1. The van der Waals surface area contributed by atoms with Crippen LogP contribution in [0.4, 0.5) is 19.0 Å². The van der Waals surface area contributed by atoms with Crippen LogP contribution in [0, 0.1) is 6.92 Å². The van der Waals surface area contributed by atoms with Gasteiger partial charge in [-0.3, -0.25) is 4.90 Å². The second-order valence-corrected chi connectivity index (χ2v) is 5.01. The molecule has 2 rings (SSSR count). The standard InChI is InChI=1S/C13H19F3N4/c1-10-2-3-18-12(11(10)8-17)20-6-4-19(5-7-20)9-13(14,15)16/h2-3H,4-9,17H2,1H3. The number of rotatable bonds is 3. The van der Waals surface area contributed by atoms with Gasteiger partial charge in [-0.05, 0) is 18.6 Å². The van der Waals surface area contributed by atoms with Crippen LogP contribution < -0.4 is 10.6 Å². The smallest absolute Gasteiger partial charge is 0.354 e. The molecule has 4 nitrogen and oxygen atoms in total. The third-order valence-electron chi connectivity index (χ3n) is 3.55. The highest BCUT2D eigenvalue weighted by Gasteiger charge is 2.32. The van der Waals surface area contributed by atoms with Gasteiger partial charge >= 0.3 is 6.18 Å². The highest BCUT2D eigenvalue weighted by molar-refractivity contribution is 5.50. The van der Waals surface area contributed by atoms with Gasteiger partial charge < -0.3 is 10.6 Å². The summed E-state index contributed by atoms with van der Waals surface area (Å²) in [4.78, 5) is 7.78. The predicted octanol–water partition coefficient (Wildman–Crippen LogP) is 1.53. The molecule has 2 heterocycles. The van der Waals surface area contributed by atoms with Crippen molar-refractivity contribution < 1.29 is 13.2 Å². The van der Waals surface area contributed by atoms with Gasteiger partial charge in [0.05, 0.1) is 6.54 Å². The van der Waals surface area contributed by atoms with Crippen molar-refractivity contribution in [2.24, 2.45) is 5.73 Å². The van der Waals surface area contributed by atoms with Gasteiger partial charge in [0.25, 0.3) is 0 Å². The second kappa shape index (κ2) is 5.97. The Morgan fingerprint density at radius 2 is 1.90 bits per heavy atom. The summed E-state index contributed by atoms with van der Waals surface area (Å²) >= 11 is 0. The van der Waals surface area contributed by atoms with Gasteiger partial charge in [-0.2, -0.15) is 13.2 Å². The van der Waals surface area contributed by atoms with Crippen LogP contribution in [0.5, 0.6) is 0 Å². The van der Waals surface area contributed by atoms with Crippen LogP contribution >= 0.6 is 0 Å². The van der Waals surface area contributed by atoms with Crippen molar-refractivity contribution in [2.45, 2.75) is 19.6 Å². The van der Waals surface area contributed by atoms with Gasteiger partial charge in [-0.1, -0.05) is 0 Å². The van der Waals surface area contributed by atoms with Crippen molar-refractivity contribution in [1.82, 2.24) is 9.88 Å². The predicted molar refractivity (Wildman–Crippen MR) is 71.6 cm³/mol. The third kappa shape index (κ3) is 3.61. The van der Waals surface area contributed by atoms with Crippen LogP contribution in [0.15, 0.2) is 12.3 Å². The van der Waals surface area contributed by atoms with Crippen molar-refractivity contribution >= 4 is 5.82 Å². The molecule has 112 valence electrons. The molecule has 0 atom stereocenters.